The molecule has 0 spiro atoms. The van der Waals surface area contributed by atoms with Crippen molar-refractivity contribution in [1.82, 2.24) is 4.90 Å². The molecule has 1 aliphatic heterocycles. The number of carbonyl (C=O) groups is 1. The van der Waals surface area contributed by atoms with E-state index in [4.69, 9.17) is 4.74 Å². The first kappa shape index (κ1) is 23.3. The Kier molecular flexibility index (Phi) is 8.28. The molecule has 2 fully saturated rings. The molecule has 5 atom stereocenters. The van der Waals surface area contributed by atoms with Gasteiger partial charge in [-0.2, -0.15) is 0 Å². The molecule has 2 aromatic rings. The topological polar surface area (TPSA) is 49.8 Å². The summed E-state index contributed by atoms with van der Waals surface area (Å²) in [6.45, 7) is 3.88. The van der Waals surface area contributed by atoms with E-state index in [-0.39, 0.29) is 5.97 Å². The highest BCUT2D eigenvalue weighted by molar-refractivity contribution is 7.99. The lowest BCUT2D eigenvalue weighted by Crippen LogP contribution is -2.52. The van der Waals surface area contributed by atoms with Gasteiger partial charge in [0.15, 0.2) is 0 Å². The molecule has 4 nitrogen and oxygen atoms in total. The molecule has 1 N–H and O–H groups in total. The Balaban J connectivity index is 1.42. The van der Waals surface area contributed by atoms with E-state index in [1.807, 2.05) is 48.5 Å². The number of hydrogen-bond donors (Lipinski definition) is 1. The molecule has 4 unspecified atom stereocenters. The van der Waals surface area contributed by atoms with Crippen LogP contribution in [0.1, 0.15) is 49.4 Å². The number of likely N-dealkylation sites (tertiary alicyclic amines) is 1. The molecule has 1 heterocycles. The van der Waals surface area contributed by atoms with Gasteiger partial charge in [0.25, 0.3) is 0 Å². The van der Waals surface area contributed by atoms with Crippen LogP contribution in [0.2, 0.25) is 0 Å². The molecule has 1 aliphatic carbocycles. The molecule has 32 heavy (non-hydrogen) atoms. The minimum atomic E-state index is -0.721. The van der Waals surface area contributed by atoms with Crippen LogP contribution in [-0.4, -0.2) is 53.1 Å². The summed E-state index contributed by atoms with van der Waals surface area (Å²) in [5.41, 5.74) is 0.519. The van der Waals surface area contributed by atoms with E-state index in [9.17, 15) is 9.90 Å². The van der Waals surface area contributed by atoms with Gasteiger partial charge in [-0.15, -0.1) is 11.8 Å². The summed E-state index contributed by atoms with van der Waals surface area (Å²) in [4.78, 5) is 16.3. The van der Waals surface area contributed by atoms with E-state index in [0.717, 1.165) is 23.3 Å². The van der Waals surface area contributed by atoms with Crippen LogP contribution >= 0.6 is 11.8 Å². The first-order chi connectivity index (χ1) is 15.6. The zero-order valence-corrected chi connectivity index (χ0v) is 19.8. The smallest absolute Gasteiger partial charge is 0.338 e. The van der Waals surface area contributed by atoms with Gasteiger partial charge < -0.3 is 9.84 Å². The molecule has 2 aromatic carbocycles. The van der Waals surface area contributed by atoms with Crippen molar-refractivity contribution < 1.29 is 14.6 Å². The van der Waals surface area contributed by atoms with Crippen LogP contribution < -0.4 is 0 Å². The predicted octanol–water partition coefficient (Wildman–Crippen LogP) is 5.27. The van der Waals surface area contributed by atoms with Gasteiger partial charge in [-0.3, -0.25) is 4.90 Å². The number of β-amino-alcohol motifs (C(OH)–C–C–N with tert-alkyl or cyclic N) is 1. The Labute approximate surface area is 196 Å². The fourth-order valence-electron chi connectivity index (χ4n) is 5.21. The number of carbonyl (C=O) groups excluding carboxylic acids is 1. The second-order valence-corrected chi connectivity index (χ2v) is 10.4. The second-order valence-electron chi connectivity index (χ2n) is 9.34. The summed E-state index contributed by atoms with van der Waals surface area (Å²) in [5, 5.41) is 11.2. The van der Waals surface area contributed by atoms with Gasteiger partial charge in [-0.25, -0.2) is 4.79 Å². The maximum atomic E-state index is 12.8. The van der Waals surface area contributed by atoms with Crippen LogP contribution in [0, 0.1) is 11.8 Å². The molecular weight excluding hydrogens is 418 g/mol. The Hall–Kier alpha value is -1.82. The molecule has 5 heteroatoms. The molecule has 0 radical (unpaired) electrons. The van der Waals surface area contributed by atoms with Gasteiger partial charge in [-0.05, 0) is 55.9 Å². The highest BCUT2D eigenvalue weighted by Crippen LogP contribution is 2.38. The second kappa shape index (κ2) is 11.4. The Morgan fingerprint density at radius 3 is 2.44 bits per heavy atom. The molecule has 0 aromatic heterocycles. The lowest BCUT2D eigenvalue weighted by atomic mass is 9.73. The fraction of sp³-hybridized carbons (Fsp3) is 0.519. The Morgan fingerprint density at radius 2 is 1.72 bits per heavy atom. The third-order valence-corrected chi connectivity index (χ3v) is 8.18. The number of rotatable bonds is 8. The number of fused-ring (bicyclic) bond motifs is 1. The number of hydrogen-bond acceptors (Lipinski definition) is 5. The maximum absolute atomic E-state index is 12.8. The number of ether oxygens (including phenoxy) is 1. The molecule has 2 aliphatic rings. The van der Waals surface area contributed by atoms with E-state index in [2.05, 4.69) is 11.8 Å². The molecule has 172 valence electrons. The zero-order valence-electron chi connectivity index (χ0n) is 18.9. The number of esters is 1. The van der Waals surface area contributed by atoms with Crippen molar-refractivity contribution in [3.05, 3.63) is 66.2 Å². The van der Waals surface area contributed by atoms with Crippen LogP contribution in [0.3, 0.4) is 0 Å². The third kappa shape index (κ3) is 6.15. The standard InChI is InChI=1S/C27H35NO3S/c1-20-16-22-12-8-9-13-23(22)17-28(20)18-25(29)26(19-32-24-14-6-3-7-15-24)31-27(30)21-10-4-2-5-11-21/h2-7,10-11,14-15,20,22-23,25-26,29H,8-9,12-13,16-19H2,1H3/t20-,22?,23?,25?,26?/m1/s1. The fourth-order valence-corrected chi connectivity index (χ4v) is 6.21. The normalized spacial score (nSPS) is 25.5. The van der Waals surface area contributed by atoms with Crippen molar-refractivity contribution in [2.45, 2.75) is 62.2 Å². The number of aliphatic hydroxyl groups is 1. The van der Waals surface area contributed by atoms with Crippen molar-refractivity contribution in [3.8, 4) is 0 Å². The van der Waals surface area contributed by atoms with Crippen molar-refractivity contribution in [2.75, 3.05) is 18.8 Å². The number of aliphatic hydroxyl groups excluding tert-OH is 1. The molecule has 0 bridgehead atoms. The average Bonchev–Trinajstić information content (AvgIpc) is 2.83. The average molecular weight is 454 g/mol. The largest absolute Gasteiger partial charge is 0.455 e. The minimum absolute atomic E-state index is 0.373. The number of nitrogens with zero attached hydrogens (tertiary/aromatic N) is 1. The van der Waals surface area contributed by atoms with E-state index in [1.54, 1.807) is 23.9 Å². The van der Waals surface area contributed by atoms with E-state index in [1.165, 1.54) is 32.1 Å². The highest BCUT2D eigenvalue weighted by Gasteiger charge is 2.37. The quantitative estimate of drug-likeness (QED) is 0.436. The van der Waals surface area contributed by atoms with Gasteiger partial charge in [0.05, 0.1) is 5.56 Å². The molecule has 0 amide bonds. The van der Waals surface area contributed by atoms with Crippen LogP contribution in [0.15, 0.2) is 65.6 Å². The van der Waals surface area contributed by atoms with Crippen molar-refractivity contribution in [2.24, 2.45) is 11.8 Å². The first-order valence-electron chi connectivity index (χ1n) is 12.0. The summed E-state index contributed by atoms with van der Waals surface area (Å²) in [7, 11) is 0. The van der Waals surface area contributed by atoms with E-state index < -0.39 is 12.2 Å². The van der Waals surface area contributed by atoms with Crippen LogP contribution in [0.4, 0.5) is 0 Å². The van der Waals surface area contributed by atoms with Crippen molar-refractivity contribution >= 4 is 17.7 Å². The molecule has 4 rings (SSSR count). The summed E-state index contributed by atoms with van der Waals surface area (Å²) < 4.78 is 5.87. The molecule has 1 saturated carbocycles. The van der Waals surface area contributed by atoms with Gasteiger partial charge in [-0.1, -0.05) is 55.7 Å². The summed E-state index contributed by atoms with van der Waals surface area (Å²) in [5.74, 6) is 1.74. The van der Waals surface area contributed by atoms with Gasteiger partial charge in [0, 0.05) is 29.8 Å². The van der Waals surface area contributed by atoms with Gasteiger partial charge in [0.2, 0.25) is 0 Å². The third-order valence-electron chi connectivity index (χ3n) is 7.08. The Bertz CT molecular complexity index is 846. The summed E-state index contributed by atoms with van der Waals surface area (Å²) in [6, 6.07) is 19.6. The minimum Gasteiger partial charge on any atom is -0.455 e. The van der Waals surface area contributed by atoms with Crippen molar-refractivity contribution in [3.63, 3.8) is 0 Å². The lowest BCUT2D eigenvalue weighted by Gasteiger charge is -2.46. The maximum Gasteiger partial charge on any atom is 0.338 e. The lowest BCUT2D eigenvalue weighted by molar-refractivity contribution is -0.0399. The van der Waals surface area contributed by atoms with Crippen LogP contribution in [0.25, 0.3) is 0 Å². The number of piperidine rings is 1. The highest BCUT2D eigenvalue weighted by atomic mass is 32.2. The molecule has 1 saturated heterocycles. The monoisotopic (exact) mass is 453 g/mol. The summed E-state index contributed by atoms with van der Waals surface area (Å²) in [6.07, 6.45) is 5.29. The van der Waals surface area contributed by atoms with Crippen LogP contribution in [-0.2, 0) is 4.74 Å². The van der Waals surface area contributed by atoms with Gasteiger partial charge in [0.1, 0.15) is 12.2 Å². The Morgan fingerprint density at radius 1 is 1.06 bits per heavy atom. The zero-order chi connectivity index (χ0) is 22.3. The number of benzene rings is 2. The van der Waals surface area contributed by atoms with Crippen molar-refractivity contribution in [1.29, 1.82) is 0 Å². The van der Waals surface area contributed by atoms with E-state index >= 15 is 0 Å². The van der Waals surface area contributed by atoms with Crippen LogP contribution in [0.5, 0.6) is 0 Å². The molecular formula is C27H35NO3S. The predicted molar refractivity (Wildman–Crippen MR) is 130 cm³/mol. The van der Waals surface area contributed by atoms with Gasteiger partial charge >= 0.3 is 5.97 Å². The summed E-state index contributed by atoms with van der Waals surface area (Å²) >= 11 is 1.62. The SMILES string of the molecule is C[C@@H]1CC2CCCCC2CN1CC(O)C(CSc1ccccc1)OC(=O)c1ccccc1. The first-order valence-corrected chi connectivity index (χ1v) is 12.9. The van der Waals surface area contributed by atoms with E-state index in [0.29, 0.717) is 23.9 Å². The number of thioether (sulfide) groups is 1.